The molecule has 0 atom stereocenters. The summed E-state index contributed by atoms with van der Waals surface area (Å²) in [6, 6.07) is 23.1. The minimum absolute atomic E-state index is 0.142. The third kappa shape index (κ3) is 2.84. The van der Waals surface area contributed by atoms with Crippen LogP contribution in [0.5, 0.6) is 0 Å². The average Bonchev–Trinajstić information content (AvgIpc) is 3.04. The van der Waals surface area contributed by atoms with Gasteiger partial charge in [0.05, 0.1) is 16.1 Å². The number of para-hydroxylation sites is 1. The molecule has 1 heterocycles. The summed E-state index contributed by atoms with van der Waals surface area (Å²) in [6.07, 6.45) is 0. The smallest absolute Gasteiger partial charge is 0.244 e. The number of hydrogen-bond acceptors (Lipinski definition) is 2. The molecule has 0 spiro atoms. The summed E-state index contributed by atoms with van der Waals surface area (Å²) in [5.41, 5.74) is 2.98. The highest BCUT2D eigenvalue weighted by Crippen LogP contribution is 2.37. The lowest BCUT2D eigenvalue weighted by Gasteiger charge is -2.11. The number of halogens is 1. The maximum absolute atomic E-state index is 14.2. The van der Waals surface area contributed by atoms with Crippen LogP contribution in [0, 0.1) is 6.92 Å². The van der Waals surface area contributed by atoms with E-state index in [1.807, 2.05) is 49.4 Å². The Bertz CT molecular complexity index is 1210. The lowest BCUT2D eigenvalue weighted by Crippen LogP contribution is -2.15. The molecule has 27 heavy (non-hydrogen) atoms. The molecule has 0 saturated carbocycles. The first-order valence-corrected chi connectivity index (χ1v) is 10.0. The van der Waals surface area contributed by atoms with Gasteiger partial charge < -0.3 is 0 Å². The normalized spacial score (nSPS) is 11.8. The van der Waals surface area contributed by atoms with E-state index in [0.29, 0.717) is 16.5 Å². The van der Waals surface area contributed by atoms with Gasteiger partial charge in [0, 0.05) is 10.9 Å². The van der Waals surface area contributed by atoms with Crippen molar-refractivity contribution in [1.82, 2.24) is 3.97 Å². The summed E-state index contributed by atoms with van der Waals surface area (Å²) in [5, 5.41) is 0.715. The second-order valence-corrected chi connectivity index (χ2v) is 8.21. The Labute approximate surface area is 157 Å². The molecule has 4 rings (SSSR count). The quantitative estimate of drug-likeness (QED) is 0.481. The second-order valence-electron chi connectivity index (χ2n) is 6.42. The van der Waals surface area contributed by atoms with Crippen molar-refractivity contribution in [1.29, 1.82) is 0 Å². The van der Waals surface area contributed by atoms with Gasteiger partial charge in [-0.05, 0) is 30.7 Å². The molecule has 136 valence electrons. The van der Waals surface area contributed by atoms with Crippen LogP contribution in [-0.2, 0) is 16.7 Å². The highest BCUT2D eigenvalue weighted by Gasteiger charge is 2.27. The van der Waals surface area contributed by atoms with Crippen LogP contribution in [0.15, 0.2) is 83.8 Å². The SMILES string of the molecule is Cc1ccc(S(=O)(=O)n2c(CF)c(-c3ccccc3)c3ccccc32)cc1. The van der Waals surface area contributed by atoms with Crippen LogP contribution in [0.3, 0.4) is 0 Å². The number of hydrogen-bond donors (Lipinski definition) is 0. The molecule has 0 aliphatic carbocycles. The van der Waals surface area contributed by atoms with Crippen molar-refractivity contribution in [2.75, 3.05) is 0 Å². The van der Waals surface area contributed by atoms with Crippen LogP contribution >= 0.6 is 0 Å². The van der Waals surface area contributed by atoms with Crippen molar-refractivity contribution in [3.63, 3.8) is 0 Å². The molecule has 0 saturated heterocycles. The fraction of sp³-hybridized carbons (Fsp3) is 0.0909. The van der Waals surface area contributed by atoms with Crippen molar-refractivity contribution in [3.8, 4) is 11.1 Å². The first kappa shape index (κ1) is 17.5. The van der Waals surface area contributed by atoms with E-state index in [-0.39, 0.29) is 10.6 Å². The van der Waals surface area contributed by atoms with E-state index in [1.54, 1.807) is 36.4 Å². The number of fused-ring (bicyclic) bond motifs is 1. The van der Waals surface area contributed by atoms with Gasteiger partial charge in [-0.15, -0.1) is 0 Å². The van der Waals surface area contributed by atoms with Gasteiger partial charge in [0.1, 0.15) is 6.67 Å². The highest BCUT2D eigenvalue weighted by molar-refractivity contribution is 7.90. The first-order valence-electron chi connectivity index (χ1n) is 8.60. The predicted molar refractivity (Wildman–Crippen MR) is 106 cm³/mol. The molecule has 0 aliphatic heterocycles. The van der Waals surface area contributed by atoms with E-state index in [1.165, 1.54) is 0 Å². The Morgan fingerprint density at radius 2 is 1.48 bits per heavy atom. The van der Waals surface area contributed by atoms with Gasteiger partial charge in [-0.2, -0.15) is 0 Å². The standard InChI is InChI=1S/C22H18FNO2S/c1-16-11-13-18(14-12-16)27(25,26)24-20-10-6-5-9-19(20)22(21(24)15-23)17-7-3-2-4-8-17/h2-14H,15H2,1H3. The lowest BCUT2D eigenvalue weighted by molar-refractivity contribution is 0.473. The largest absolute Gasteiger partial charge is 0.268 e. The fourth-order valence-electron chi connectivity index (χ4n) is 3.40. The second kappa shape index (κ2) is 6.67. The highest BCUT2D eigenvalue weighted by atomic mass is 32.2. The molecule has 5 heteroatoms. The third-order valence-corrected chi connectivity index (χ3v) is 6.44. The summed E-state index contributed by atoms with van der Waals surface area (Å²) in [6.45, 7) is 1.01. The minimum atomic E-state index is -3.94. The Balaban J connectivity index is 2.09. The molecule has 0 N–H and O–H groups in total. The molecule has 4 aromatic rings. The van der Waals surface area contributed by atoms with E-state index >= 15 is 0 Å². The maximum atomic E-state index is 14.2. The fourth-order valence-corrected chi connectivity index (χ4v) is 4.94. The predicted octanol–water partition coefficient (Wildman–Crippen LogP) is 5.32. The zero-order chi connectivity index (χ0) is 19.0. The van der Waals surface area contributed by atoms with Crippen LogP contribution in [0.2, 0.25) is 0 Å². The molecule has 0 amide bonds. The van der Waals surface area contributed by atoms with E-state index in [2.05, 4.69) is 0 Å². The summed E-state index contributed by atoms with van der Waals surface area (Å²) < 4.78 is 42.1. The summed E-state index contributed by atoms with van der Waals surface area (Å²) in [5.74, 6) is 0. The van der Waals surface area contributed by atoms with Crippen molar-refractivity contribution in [3.05, 3.63) is 90.1 Å². The van der Waals surface area contributed by atoms with E-state index in [4.69, 9.17) is 0 Å². The topological polar surface area (TPSA) is 39.1 Å². The summed E-state index contributed by atoms with van der Waals surface area (Å²) in [7, 11) is -3.94. The van der Waals surface area contributed by atoms with Gasteiger partial charge in [-0.1, -0.05) is 66.2 Å². The Morgan fingerprint density at radius 3 is 2.15 bits per heavy atom. The van der Waals surface area contributed by atoms with Crippen LogP contribution in [-0.4, -0.2) is 12.4 Å². The molecule has 0 aliphatic rings. The molecule has 3 aromatic carbocycles. The molecule has 0 radical (unpaired) electrons. The minimum Gasteiger partial charge on any atom is -0.244 e. The van der Waals surface area contributed by atoms with Crippen LogP contribution in [0.25, 0.3) is 22.0 Å². The molecular weight excluding hydrogens is 361 g/mol. The molecule has 0 bridgehead atoms. The van der Waals surface area contributed by atoms with Gasteiger partial charge in [0.25, 0.3) is 10.0 Å². The molecule has 3 nitrogen and oxygen atoms in total. The molecule has 1 aromatic heterocycles. The number of benzene rings is 3. The number of rotatable bonds is 4. The van der Waals surface area contributed by atoms with E-state index < -0.39 is 16.7 Å². The Kier molecular flexibility index (Phi) is 4.32. The third-order valence-electron chi connectivity index (χ3n) is 4.67. The van der Waals surface area contributed by atoms with Gasteiger partial charge in [0.2, 0.25) is 0 Å². The average molecular weight is 379 g/mol. The number of nitrogens with zero attached hydrogens (tertiary/aromatic N) is 1. The molecular formula is C22H18FNO2S. The van der Waals surface area contributed by atoms with Gasteiger partial charge >= 0.3 is 0 Å². The van der Waals surface area contributed by atoms with Gasteiger partial charge in [-0.25, -0.2) is 16.8 Å². The zero-order valence-electron chi connectivity index (χ0n) is 14.8. The summed E-state index contributed by atoms with van der Waals surface area (Å²) >= 11 is 0. The first-order chi connectivity index (χ1) is 13.0. The van der Waals surface area contributed by atoms with Gasteiger partial charge in [-0.3, -0.25) is 0 Å². The maximum Gasteiger partial charge on any atom is 0.268 e. The van der Waals surface area contributed by atoms with Crippen LogP contribution in [0.4, 0.5) is 4.39 Å². The zero-order valence-corrected chi connectivity index (χ0v) is 15.6. The number of aromatic nitrogens is 1. The Hall–Kier alpha value is -2.92. The van der Waals surface area contributed by atoms with Crippen LogP contribution < -0.4 is 0 Å². The van der Waals surface area contributed by atoms with Crippen molar-refractivity contribution in [2.45, 2.75) is 18.5 Å². The monoisotopic (exact) mass is 379 g/mol. The van der Waals surface area contributed by atoms with Crippen molar-refractivity contribution >= 4 is 20.9 Å². The number of aryl methyl sites for hydroxylation is 1. The van der Waals surface area contributed by atoms with E-state index in [0.717, 1.165) is 15.1 Å². The molecule has 0 unspecified atom stereocenters. The molecule has 0 fully saturated rings. The number of alkyl halides is 1. The van der Waals surface area contributed by atoms with Gasteiger partial charge in [0.15, 0.2) is 0 Å². The van der Waals surface area contributed by atoms with E-state index in [9.17, 15) is 12.8 Å². The van der Waals surface area contributed by atoms with Crippen molar-refractivity contribution in [2.24, 2.45) is 0 Å². The lowest BCUT2D eigenvalue weighted by atomic mass is 10.0. The van der Waals surface area contributed by atoms with Crippen molar-refractivity contribution < 1.29 is 12.8 Å². The van der Waals surface area contributed by atoms with Crippen LogP contribution in [0.1, 0.15) is 11.3 Å². The summed E-state index contributed by atoms with van der Waals surface area (Å²) in [4.78, 5) is 0.142. The Morgan fingerprint density at radius 1 is 0.852 bits per heavy atom.